The quantitative estimate of drug-likeness (QED) is 0.772. The fraction of sp³-hybridized carbons (Fsp3) is 0.579. The minimum absolute atomic E-state index is 0.0386. The van der Waals surface area contributed by atoms with Crippen molar-refractivity contribution >= 4 is 17.5 Å². The van der Waals surface area contributed by atoms with Gasteiger partial charge in [0.15, 0.2) is 11.5 Å². The Labute approximate surface area is 154 Å². The molecule has 0 radical (unpaired) electrons. The third kappa shape index (κ3) is 4.88. The Bertz CT molecular complexity index is 644. The number of rotatable bonds is 7. The molecule has 0 aromatic heterocycles. The zero-order chi connectivity index (χ0) is 18.4. The number of anilines is 1. The van der Waals surface area contributed by atoms with Gasteiger partial charge in [-0.2, -0.15) is 0 Å². The van der Waals surface area contributed by atoms with Crippen molar-refractivity contribution in [2.75, 3.05) is 44.7 Å². The van der Waals surface area contributed by atoms with Crippen LogP contribution in [0.15, 0.2) is 18.2 Å². The van der Waals surface area contributed by atoms with Gasteiger partial charge in [0.1, 0.15) is 13.2 Å². The summed E-state index contributed by atoms with van der Waals surface area (Å²) in [7, 11) is 0. The van der Waals surface area contributed by atoms with Gasteiger partial charge in [-0.1, -0.05) is 0 Å². The SMILES string of the molecule is CCN(CC(=O)Nc1ccc2c(c1)OCCO2)C(=O)CCC1CCNC1. The van der Waals surface area contributed by atoms with Crippen LogP contribution in [-0.4, -0.2) is 56.1 Å². The summed E-state index contributed by atoms with van der Waals surface area (Å²) in [6.45, 7) is 5.54. The molecule has 1 aromatic rings. The van der Waals surface area contributed by atoms with Gasteiger partial charge in [-0.3, -0.25) is 9.59 Å². The second-order valence-electron chi connectivity index (χ2n) is 6.71. The van der Waals surface area contributed by atoms with Gasteiger partial charge in [-0.05, 0) is 50.9 Å². The van der Waals surface area contributed by atoms with Crippen molar-refractivity contribution in [3.8, 4) is 11.5 Å². The maximum atomic E-state index is 12.4. The van der Waals surface area contributed by atoms with Crippen LogP contribution in [0.1, 0.15) is 26.2 Å². The van der Waals surface area contributed by atoms with Crippen molar-refractivity contribution in [2.24, 2.45) is 5.92 Å². The van der Waals surface area contributed by atoms with Crippen LogP contribution in [-0.2, 0) is 9.59 Å². The molecule has 0 bridgehead atoms. The molecule has 3 rings (SSSR count). The number of carbonyl (C=O) groups is 2. The van der Waals surface area contributed by atoms with E-state index in [0.717, 1.165) is 25.9 Å². The van der Waals surface area contributed by atoms with Crippen LogP contribution in [0.3, 0.4) is 0 Å². The average molecular weight is 361 g/mol. The lowest BCUT2D eigenvalue weighted by molar-refractivity contribution is -0.134. The van der Waals surface area contributed by atoms with Gasteiger partial charge < -0.3 is 25.0 Å². The first kappa shape index (κ1) is 18.5. The molecule has 0 aliphatic carbocycles. The van der Waals surface area contributed by atoms with Gasteiger partial charge >= 0.3 is 0 Å². The average Bonchev–Trinajstić information content (AvgIpc) is 3.17. The predicted octanol–water partition coefficient (Wildman–Crippen LogP) is 1.63. The lowest BCUT2D eigenvalue weighted by atomic mass is 10.0. The molecule has 2 aliphatic rings. The van der Waals surface area contributed by atoms with Crippen molar-refractivity contribution in [1.82, 2.24) is 10.2 Å². The number of nitrogens with zero attached hydrogens (tertiary/aromatic N) is 1. The first-order valence-electron chi connectivity index (χ1n) is 9.33. The Morgan fingerprint density at radius 1 is 1.27 bits per heavy atom. The highest BCUT2D eigenvalue weighted by Gasteiger charge is 2.20. The lowest BCUT2D eigenvalue weighted by Crippen LogP contribution is -2.38. The number of ether oxygens (including phenoxy) is 2. The maximum Gasteiger partial charge on any atom is 0.243 e. The third-order valence-electron chi connectivity index (χ3n) is 4.82. The van der Waals surface area contributed by atoms with Gasteiger partial charge in [-0.25, -0.2) is 0 Å². The molecule has 2 N–H and O–H groups in total. The van der Waals surface area contributed by atoms with E-state index in [2.05, 4.69) is 10.6 Å². The summed E-state index contributed by atoms with van der Waals surface area (Å²) in [5.41, 5.74) is 0.639. The number of benzene rings is 1. The van der Waals surface area contributed by atoms with E-state index in [1.54, 1.807) is 23.1 Å². The highest BCUT2D eigenvalue weighted by molar-refractivity contribution is 5.94. The van der Waals surface area contributed by atoms with Gasteiger partial charge in [0.25, 0.3) is 0 Å². The third-order valence-corrected chi connectivity index (χ3v) is 4.82. The van der Waals surface area contributed by atoms with Crippen LogP contribution in [0.25, 0.3) is 0 Å². The van der Waals surface area contributed by atoms with E-state index in [1.165, 1.54) is 0 Å². The van der Waals surface area contributed by atoms with Gasteiger partial charge in [0, 0.05) is 24.7 Å². The Balaban J connectivity index is 1.49. The first-order valence-corrected chi connectivity index (χ1v) is 9.33. The molecule has 2 heterocycles. The van der Waals surface area contributed by atoms with Crippen LogP contribution >= 0.6 is 0 Å². The van der Waals surface area contributed by atoms with Crippen molar-refractivity contribution in [2.45, 2.75) is 26.2 Å². The van der Waals surface area contributed by atoms with E-state index >= 15 is 0 Å². The standard InChI is InChI=1S/C19H27N3O4/c1-2-22(19(24)6-3-14-7-8-20-12-14)13-18(23)21-15-4-5-16-17(11-15)26-10-9-25-16/h4-5,11,14,20H,2-3,6-10,12-13H2,1H3,(H,21,23). The number of hydrogen-bond acceptors (Lipinski definition) is 5. The zero-order valence-corrected chi connectivity index (χ0v) is 15.3. The van der Waals surface area contributed by atoms with Crippen LogP contribution < -0.4 is 20.1 Å². The smallest absolute Gasteiger partial charge is 0.243 e. The number of nitrogens with one attached hydrogen (secondary N) is 2. The summed E-state index contributed by atoms with van der Waals surface area (Å²) in [6, 6.07) is 5.30. The second kappa shape index (κ2) is 8.89. The fourth-order valence-corrected chi connectivity index (χ4v) is 3.32. The molecule has 26 heavy (non-hydrogen) atoms. The Morgan fingerprint density at radius 3 is 2.81 bits per heavy atom. The predicted molar refractivity (Wildman–Crippen MR) is 98.5 cm³/mol. The molecule has 0 spiro atoms. The highest BCUT2D eigenvalue weighted by atomic mass is 16.6. The van der Waals surface area contributed by atoms with E-state index in [4.69, 9.17) is 9.47 Å². The summed E-state index contributed by atoms with van der Waals surface area (Å²) >= 11 is 0. The van der Waals surface area contributed by atoms with Gasteiger partial charge in [0.2, 0.25) is 11.8 Å². The van der Waals surface area contributed by atoms with Crippen LogP contribution in [0.2, 0.25) is 0 Å². The Morgan fingerprint density at radius 2 is 2.08 bits per heavy atom. The molecule has 1 fully saturated rings. The molecule has 1 unspecified atom stereocenters. The summed E-state index contributed by atoms with van der Waals surface area (Å²) < 4.78 is 11.0. The van der Waals surface area contributed by atoms with Crippen molar-refractivity contribution in [1.29, 1.82) is 0 Å². The van der Waals surface area contributed by atoms with Crippen LogP contribution in [0.4, 0.5) is 5.69 Å². The molecular weight excluding hydrogens is 334 g/mol. The molecule has 2 amide bonds. The van der Waals surface area contributed by atoms with E-state index in [0.29, 0.717) is 49.3 Å². The Kier molecular flexibility index (Phi) is 6.33. The molecule has 1 atom stereocenters. The minimum Gasteiger partial charge on any atom is -0.486 e. The van der Waals surface area contributed by atoms with E-state index in [1.807, 2.05) is 6.92 Å². The van der Waals surface area contributed by atoms with Gasteiger partial charge in [-0.15, -0.1) is 0 Å². The number of likely N-dealkylation sites (N-methyl/N-ethyl adjacent to an activating group) is 1. The Hall–Kier alpha value is -2.28. The molecule has 1 aromatic carbocycles. The number of carbonyl (C=O) groups excluding carboxylic acids is 2. The number of hydrogen-bond donors (Lipinski definition) is 2. The molecule has 7 heteroatoms. The largest absolute Gasteiger partial charge is 0.486 e. The van der Waals surface area contributed by atoms with Crippen LogP contribution in [0, 0.1) is 5.92 Å². The van der Waals surface area contributed by atoms with Gasteiger partial charge in [0.05, 0.1) is 6.54 Å². The molecule has 0 saturated carbocycles. The second-order valence-corrected chi connectivity index (χ2v) is 6.71. The molecule has 7 nitrogen and oxygen atoms in total. The zero-order valence-electron chi connectivity index (χ0n) is 15.3. The molecule has 142 valence electrons. The summed E-state index contributed by atoms with van der Waals surface area (Å²) in [4.78, 5) is 26.3. The maximum absolute atomic E-state index is 12.4. The fourth-order valence-electron chi connectivity index (χ4n) is 3.32. The first-order chi connectivity index (χ1) is 12.7. The highest BCUT2D eigenvalue weighted by Crippen LogP contribution is 2.32. The normalized spacial score (nSPS) is 18.4. The molecular formula is C19H27N3O4. The summed E-state index contributed by atoms with van der Waals surface area (Å²) in [5, 5.41) is 6.14. The minimum atomic E-state index is -0.209. The molecule has 2 aliphatic heterocycles. The van der Waals surface area contributed by atoms with Crippen LogP contribution in [0.5, 0.6) is 11.5 Å². The van der Waals surface area contributed by atoms with E-state index in [9.17, 15) is 9.59 Å². The number of fused-ring (bicyclic) bond motifs is 1. The van der Waals surface area contributed by atoms with Crippen molar-refractivity contribution in [3.05, 3.63) is 18.2 Å². The topological polar surface area (TPSA) is 79.9 Å². The van der Waals surface area contributed by atoms with E-state index in [-0.39, 0.29) is 18.4 Å². The monoisotopic (exact) mass is 361 g/mol. The van der Waals surface area contributed by atoms with Crippen molar-refractivity contribution < 1.29 is 19.1 Å². The lowest BCUT2D eigenvalue weighted by Gasteiger charge is -2.22. The van der Waals surface area contributed by atoms with Crippen molar-refractivity contribution in [3.63, 3.8) is 0 Å². The summed E-state index contributed by atoms with van der Waals surface area (Å²) in [6.07, 6.45) is 2.51. The molecule has 1 saturated heterocycles. The van der Waals surface area contributed by atoms with E-state index < -0.39 is 0 Å². The summed E-state index contributed by atoms with van der Waals surface area (Å²) in [5.74, 6) is 1.71. The number of amides is 2.